The number of nitrogens with zero attached hydrogens (tertiary/aromatic N) is 2. The molecular weight excluding hydrogens is 232 g/mol. The van der Waals surface area contributed by atoms with Crippen molar-refractivity contribution in [3.05, 3.63) is 46.9 Å². The highest BCUT2D eigenvalue weighted by Crippen LogP contribution is 2.22. The van der Waals surface area contributed by atoms with E-state index in [1.807, 2.05) is 13.0 Å². The van der Waals surface area contributed by atoms with Crippen LogP contribution >= 0.6 is 11.6 Å². The molecule has 1 aromatic heterocycles. The highest BCUT2D eigenvalue weighted by atomic mass is 35.5. The zero-order chi connectivity index (χ0) is 12.4. The molecule has 1 aromatic carbocycles. The summed E-state index contributed by atoms with van der Waals surface area (Å²) in [5.74, 6) is 0.541. The topological polar surface area (TPSA) is 25.8 Å². The van der Waals surface area contributed by atoms with Crippen molar-refractivity contribution < 1.29 is 0 Å². The van der Waals surface area contributed by atoms with E-state index in [0.29, 0.717) is 11.2 Å². The van der Waals surface area contributed by atoms with Crippen LogP contribution in [0.1, 0.15) is 31.0 Å². The first-order valence-corrected chi connectivity index (χ1v) is 6.05. The summed E-state index contributed by atoms with van der Waals surface area (Å²) in [5.41, 5.74) is 4.15. The average molecular weight is 247 g/mol. The Morgan fingerprint density at radius 1 is 1.06 bits per heavy atom. The smallest absolute Gasteiger partial charge is 0.223 e. The number of aromatic nitrogens is 2. The van der Waals surface area contributed by atoms with Gasteiger partial charge in [-0.05, 0) is 36.1 Å². The van der Waals surface area contributed by atoms with E-state index in [0.717, 1.165) is 17.0 Å². The molecule has 0 aliphatic rings. The van der Waals surface area contributed by atoms with Gasteiger partial charge in [-0.25, -0.2) is 9.97 Å². The molecule has 0 bridgehead atoms. The van der Waals surface area contributed by atoms with E-state index in [1.165, 1.54) is 5.56 Å². The summed E-state index contributed by atoms with van der Waals surface area (Å²) in [4.78, 5) is 8.29. The lowest BCUT2D eigenvalue weighted by Crippen LogP contribution is -1.92. The van der Waals surface area contributed by atoms with Crippen molar-refractivity contribution in [3.63, 3.8) is 0 Å². The Labute approximate surface area is 107 Å². The zero-order valence-electron chi connectivity index (χ0n) is 10.2. The van der Waals surface area contributed by atoms with Gasteiger partial charge in [0.15, 0.2) is 0 Å². The minimum Gasteiger partial charge on any atom is -0.223 e. The predicted molar refractivity (Wildman–Crippen MR) is 71.3 cm³/mol. The molecule has 1 heterocycles. The first-order chi connectivity index (χ1) is 8.06. The normalized spacial score (nSPS) is 10.9. The molecule has 3 heteroatoms. The van der Waals surface area contributed by atoms with E-state index in [1.54, 1.807) is 0 Å². The average Bonchev–Trinajstić information content (AvgIpc) is 2.28. The standard InChI is InChI=1S/C14H15ClN2/c1-9(2)11-4-6-12(7-5-11)13-8-10(3)16-14(15)17-13/h4-9H,1-3H3. The van der Waals surface area contributed by atoms with E-state index in [9.17, 15) is 0 Å². The monoisotopic (exact) mass is 246 g/mol. The molecule has 2 aromatic rings. The summed E-state index contributed by atoms with van der Waals surface area (Å²) in [5, 5.41) is 0.299. The van der Waals surface area contributed by atoms with Gasteiger partial charge in [0.25, 0.3) is 0 Å². The quantitative estimate of drug-likeness (QED) is 0.741. The Morgan fingerprint density at radius 2 is 1.71 bits per heavy atom. The van der Waals surface area contributed by atoms with Gasteiger partial charge in [-0.2, -0.15) is 0 Å². The number of benzene rings is 1. The van der Waals surface area contributed by atoms with Crippen LogP contribution in [-0.2, 0) is 0 Å². The molecule has 0 atom stereocenters. The molecule has 88 valence electrons. The van der Waals surface area contributed by atoms with E-state index in [4.69, 9.17) is 11.6 Å². The van der Waals surface area contributed by atoms with Gasteiger partial charge in [0.2, 0.25) is 5.28 Å². The molecule has 17 heavy (non-hydrogen) atoms. The van der Waals surface area contributed by atoms with Crippen LogP contribution in [-0.4, -0.2) is 9.97 Å². The number of rotatable bonds is 2. The van der Waals surface area contributed by atoms with E-state index >= 15 is 0 Å². The predicted octanol–water partition coefficient (Wildman–Crippen LogP) is 4.23. The zero-order valence-corrected chi connectivity index (χ0v) is 11.0. The third-order valence-corrected chi connectivity index (χ3v) is 2.87. The van der Waals surface area contributed by atoms with Gasteiger partial charge >= 0.3 is 0 Å². The van der Waals surface area contributed by atoms with Crippen LogP contribution in [0.15, 0.2) is 30.3 Å². The van der Waals surface area contributed by atoms with Gasteiger partial charge in [0.05, 0.1) is 5.69 Å². The van der Waals surface area contributed by atoms with Crippen molar-refractivity contribution in [1.29, 1.82) is 0 Å². The van der Waals surface area contributed by atoms with Crippen LogP contribution in [0.4, 0.5) is 0 Å². The molecule has 0 fully saturated rings. The third kappa shape index (κ3) is 2.83. The maximum absolute atomic E-state index is 5.86. The SMILES string of the molecule is Cc1cc(-c2ccc(C(C)C)cc2)nc(Cl)n1. The minimum atomic E-state index is 0.299. The highest BCUT2D eigenvalue weighted by Gasteiger charge is 2.04. The van der Waals surface area contributed by atoms with E-state index in [-0.39, 0.29) is 0 Å². The minimum absolute atomic E-state index is 0.299. The van der Waals surface area contributed by atoms with Gasteiger partial charge < -0.3 is 0 Å². The summed E-state index contributed by atoms with van der Waals surface area (Å²) in [6.07, 6.45) is 0. The molecule has 0 saturated heterocycles. The second-order valence-corrected chi connectivity index (χ2v) is 4.78. The molecule has 0 saturated carbocycles. The van der Waals surface area contributed by atoms with Crippen LogP contribution in [0.25, 0.3) is 11.3 Å². The molecule has 2 nitrogen and oxygen atoms in total. The van der Waals surface area contributed by atoms with Crippen LogP contribution < -0.4 is 0 Å². The van der Waals surface area contributed by atoms with Crippen molar-refractivity contribution in [2.24, 2.45) is 0 Å². The second-order valence-electron chi connectivity index (χ2n) is 4.44. The fourth-order valence-corrected chi connectivity index (χ4v) is 1.94. The van der Waals surface area contributed by atoms with Crippen LogP contribution in [0.2, 0.25) is 5.28 Å². The maximum atomic E-state index is 5.86. The summed E-state index contributed by atoms with van der Waals surface area (Å²) in [6.45, 7) is 6.28. The Bertz CT molecular complexity index is 498. The van der Waals surface area contributed by atoms with Crippen LogP contribution in [0, 0.1) is 6.92 Å². The number of halogens is 1. The van der Waals surface area contributed by atoms with Gasteiger partial charge in [0, 0.05) is 11.3 Å². The molecule has 0 unspecified atom stereocenters. The molecule has 0 aliphatic heterocycles. The lowest BCUT2D eigenvalue weighted by Gasteiger charge is -2.07. The van der Waals surface area contributed by atoms with Crippen molar-refractivity contribution >= 4 is 11.6 Å². The number of hydrogen-bond acceptors (Lipinski definition) is 2. The van der Waals surface area contributed by atoms with Gasteiger partial charge in [-0.1, -0.05) is 38.1 Å². The van der Waals surface area contributed by atoms with Crippen molar-refractivity contribution in [1.82, 2.24) is 9.97 Å². The molecule has 0 amide bonds. The molecule has 2 rings (SSSR count). The van der Waals surface area contributed by atoms with Crippen LogP contribution in [0.3, 0.4) is 0 Å². The number of aryl methyl sites for hydroxylation is 1. The third-order valence-electron chi connectivity index (χ3n) is 2.70. The van der Waals surface area contributed by atoms with Gasteiger partial charge in [-0.3, -0.25) is 0 Å². The largest absolute Gasteiger partial charge is 0.223 e. The second kappa shape index (κ2) is 4.84. The molecular formula is C14H15ClN2. The summed E-state index contributed by atoms with van der Waals surface area (Å²) >= 11 is 5.86. The fraction of sp³-hybridized carbons (Fsp3) is 0.286. The molecule has 0 radical (unpaired) electrons. The Morgan fingerprint density at radius 3 is 2.24 bits per heavy atom. The fourth-order valence-electron chi connectivity index (χ4n) is 1.72. The van der Waals surface area contributed by atoms with Crippen molar-refractivity contribution in [2.75, 3.05) is 0 Å². The Kier molecular flexibility index (Phi) is 3.43. The van der Waals surface area contributed by atoms with Crippen LogP contribution in [0.5, 0.6) is 0 Å². The maximum Gasteiger partial charge on any atom is 0.223 e. The molecule has 0 spiro atoms. The molecule has 0 N–H and O–H groups in total. The number of hydrogen-bond donors (Lipinski definition) is 0. The summed E-state index contributed by atoms with van der Waals surface area (Å²) in [7, 11) is 0. The van der Waals surface area contributed by atoms with Gasteiger partial charge in [0.1, 0.15) is 0 Å². The van der Waals surface area contributed by atoms with Crippen molar-refractivity contribution in [3.8, 4) is 11.3 Å². The van der Waals surface area contributed by atoms with Gasteiger partial charge in [-0.15, -0.1) is 0 Å². The first-order valence-electron chi connectivity index (χ1n) is 5.68. The van der Waals surface area contributed by atoms with E-state index in [2.05, 4.69) is 48.1 Å². The van der Waals surface area contributed by atoms with Crippen molar-refractivity contribution in [2.45, 2.75) is 26.7 Å². The summed E-state index contributed by atoms with van der Waals surface area (Å²) in [6, 6.07) is 10.4. The molecule has 0 aliphatic carbocycles. The lowest BCUT2D eigenvalue weighted by atomic mass is 10.0. The lowest BCUT2D eigenvalue weighted by molar-refractivity contribution is 0.867. The Balaban J connectivity index is 2.39. The first kappa shape index (κ1) is 12.1. The Hall–Kier alpha value is -1.41. The highest BCUT2D eigenvalue weighted by molar-refractivity contribution is 6.28. The van der Waals surface area contributed by atoms with E-state index < -0.39 is 0 Å². The summed E-state index contributed by atoms with van der Waals surface area (Å²) < 4.78 is 0.